The minimum Gasteiger partial charge on any atom is -0.371 e. The Kier molecular flexibility index (Phi) is 4.23. The van der Waals surface area contributed by atoms with Gasteiger partial charge in [0, 0.05) is 30.4 Å². The highest BCUT2D eigenvalue weighted by atomic mass is 16.5. The molecule has 0 aromatic carbocycles. The van der Waals surface area contributed by atoms with Crippen LogP contribution in [0, 0.1) is 17.8 Å². The normalized spacial score (nSPS) is 29.8. The van der Waals surface area contributed by atoms with Gasteiger partial charge in [0.1, 0.15) is 5.60 Å². The van der Waals surface area contributed by atoms with Crippen LogP contribution >= 0.6 is 0 Å². The number of hydrogen-bond acceptors (Lipinski definition) is 4. The van der Waals surface area contributed by atoms with E-state index in [9.17, 15) is 9.59 Å². The number of likely N-dealkylation sites (tertiary alicyclic amines) is 1. The summed E-state index contributed by atoms with van der Waals surface area (Å²) in [5.41, 5.74) is 0.505. The quantitative estimate of drug-likeness (QED) is 0.899. The first-order valence-electron chi connectivity index (χ1n) is 9.17. The molecule has 1 aromatic rings. The summed E-state index contributed by atoms with van der Waals surface area (Å²) < 4.78 is 6.10. The number of hydrogen-bond donors (Lipinski definition) is 1. The van der Waals surface area contributed by atoms with Crippen molar-refractivity contribution >= 4 is 11.8 Å². The Balaban J connectivity index is 1.19. The van der Waals surface area contributed by atoms with Crippen LogP contribution in [-0.4, -0.2) is 53.5 Å². The molecular weight excluding hydrogens is 318 g/mol. The van der Waals surface area contributed by atoms with Gasteiger partial charge in [-0.25, -0.2) is 0 Å². The van der Waals surface area contributed by atoms with E-state index in [4.69, 9.17) is 4.74 Å². The summed E-state index contributed by atoms with van der Waals surface area (Å²) in [5.74, 6) is 1.40. The second-order valence-electron chi connectivity index (χ2n) is 7.86. The van der Waals surface area contributed by atoms with E-state index in [1.54, 1.807) is 24.5 Å². The molecule has 1 aromatic heterocycles. The third kappa shape index (κ3) is 3.40. The molecule has 1 saturated carbocycles. The summed E-state index contributed by atoms with van der Waals surface area (Å²) in [5, 5.41) is 2.98. The molecule has 0 radical (unpaired) electrons. The van der Waals surface area contributed by atoms with Crippen LogP contribution in [0.1, 0.15) is 36.5 Å². The topological polar surface area (TPSA) is 71.5 Å². The molecule has 6 nitrogen and oxygen atoms in total. The summed E-state index contributed by atoms with van der Waals surface area (Å²) in [4.78, 5) is 30.2. The van der Waals surface area contributed by atoms with Crippen molar-refractivity contribution in [2.24, 2.45) is 17.8 Å². The summed E-state index contributed by atoms with van der Waals surface area (Å²) >= 11 is 0. The zero-order valence-corrected chi connectivity index (χ0v) is 14.6. The van der Waals surface area contributed by atoms with E-state index in [1.165, 1.54) is 0 Å². The average Bonchev–Trinajstić information content (AvgIpc) is 3.35. The van der Waals surface area contributed by atoms with Crippen molar-refractivity contribution in [1.82, 2.24) is 15.2 Å². The highest BCUT2D eigenvalue weighted by molar-refractivity contribution is 5.93. The predicted molar refractivity (Wildman–Crippen MR) is 91.8 cm³/mol. The van der Waals surface area contributed by atoms with Crippen molar-refractivity contribution in [2.45, 2.75) is 31.8 Å². The SMILES string of the molecule is C[C@@H]1C[C@H]1C(=O)N1CC2(CC[C@@H](CNC(=O)c3ccncc3)CO2)C1. The van der Waals surface area contributed by atoms with E-state index in [0.717, 1.165) is 32.4 Å². The first-order valence-corrected chi connectivity index (χ1v) is 9.17. The second kappa shape index (κ2) is 6.41. The standard InChI is InChI=1S/C19H25N3O3/c1-13-8-16(13)18(24)22-11-19(12-22)5-2-14(10-25-19)9-21-17(23)15-3-6-20-7-4-15/h3-4,6-7,13-14,16H,2,5,8-12H2,1H3,(H,21,23)/t13-,14+,16-/m1/s1. The molecule has 0 bridgehead atoms. The van der Waals surface area contributed by atoms with Crippen molar-refractivity contribution in [3.63, 3.8) is 0 Å². The molecule has 25 heavy (non-hydrogen) atoms. The maximum Gasteiger partial charge on any atom is 0.251 e. The van der Waals surface area contributed by atoms with Gasteiger partial charge in [-0.05, 0) is 43.2 Å². The van der Waals surface area contributed by atoms with Gasteiger partial charge < -0.3 is 15.0 Å². The van der Waals surface area contributed by atoms with Crippen molar-refractivity contribution in [1.29, 1.82) is 0 Å². The van der Waals surface area contributed by atoms with E-state index in [0.29, 0.717) is 36.5 Å². The average molecular weight is 343 g/mol. The molecule has 134 valence electrons. The minimum atomic E-state index is -0.126. The Labute approximate surface area is 147 Å². The molecule has 4 rings (SSSR count). The number of amides is 2. The Morgan fingerprint density at radius 3 is 2.68 bits per heavy atom. The molecule has 2 amide bonds. The number of aromatic nitrogens is 1. The lowest BCUT2D eigenvalue weighted by Gasteiger charge is -2.53. The van der Waals surface area contributed by atoms with Crippen LogP contribution in [0.5, 0.6) is 0 Å². The van der Waals surface area contributed by atoms with Gasteiger partial charge in [0.05, 0.1) is 19.7 Å². The number of nitrogens with one attached hydrogen (secondary N) is 1. The largest absolute Gasteiger partial charge is 0.371 e. The highest BCUT2D eigenvalue weighted by Crippen LogP contribution is 2.43. The molecule has 2 saturated heterocycles. The summed E-state index contributed by atoms with van der Waals surface area (Å²) in [6.07, 6.45) is 6.27. The lowest BCUT2D eigenvalue weighted by Crippen LogP contribution is -2.66. The number of carbonyl (C=O) groups is 2. The number of pyridine rings is 1. The van der Waals surface area contributed by atoms with Gasteiger partial charge in [0.15, 0.2) is 0 Å². The summed E-state index contributed by atoms with van der Waals surface area (Å²) in [7, 11) is 0. The third-order valence-corrected chi connectivity index (χ3v) is 5.82. The van der Waals surface area contributed by atoms with Crippen molar-refractivity contribution in [3.8, 4) is 0 Å². The van der Waals surface area contributed by atoms with Crippen molar-refractivity contribution in [2.75, 3.05) is 26.2 Å². The lowest BCUT2D eigenvalue weighted by molar-refractivity contribution is -0.189. The Hall–Kier alpha value is -1.95. The molecular formula is C19H25N3O3. The van der Waals surface area contributed by atoms with Crippen LogP contribution in [0.4, 0.5) is 0 Å². The molecule has 3 heterocycles. The Morgan fingerprint density at radius 1 is 1.36 bits per heavy atom. The molecule has 6 heteroatoms. The molecule has 1 spiro atoms. The zero-order chi connectivity index (χ0) is 17.4. The highest BCUT2D eigenvalue weighted by Gasteiger charge is 2.52. The second-order valence-corrected chi connectivity index (χ2v) is 7.86. The fourth-order valence-electron chi connectivity index (χ4n) is 3.88. The van der Waals surface area contributed by atoms with Gasteiger partial charge >= 0.3 is 0 Å². The molecule has 3 aliphatic rings. The van der Waals surface area contributed by atoms with Crippen LogP contribution in [-0.2, 0) is 9.53 Å². The Morgan fingerprint density at radius 2 is 2.08 bits per heavy atom. The van der Waals surface area contributed by atoms with Gasteiger partial charge in [-0.3, -0.25) is 14.6 Å². The van der Waals surface area contributed by atoms with Gasteiger partial charge in [-0.15, -0.1) is 0 Å². The maximum atomic E-state index is 12.2. The van der Waals surface area contributed by atoms with Crippen LogP contribution in [0.15, 0.2) is 24.5 Å². The first kappa shape index (κ1) is 16.5. The molecule has 2 aliphatic heterocycles. The van der Waals surface area contributed by atoms with E-state index < -0.39 is 0 Å². The molecule has 1 N–H and O–H groups in total. The zero-order valence-electron chi connectivity index (χ0n) is 14.6. The number of carbonyl (C=O) groups excluding carboxylic acids is 2. The lowest BCUT2D eigenvalue weighted by atomic mass is 9.82. The number of ether oxygens (including phenoxy) is 1. The monoisotopic (exact) mass is 343 g/mol. The van der Waals surface area contributed by atoms with Crippen LogP contribution in [0.3, 0.4) is 0 Å². The van der Waals surface area contributed by atoms with Gasteiger partial charge in [0.25, 0.3) is 5.91 Å². The third-order valence-electron chi connectivity index (χ3n) is 5.82. The van der Waals surface area contributed by atoms with E-state index in [2.05, 4.69) is 17.2 Å². The van der Waals surface area contributed by atoms with E-state index in [-0.39, 0.29) is 17.4 Å². The molecule has 0 unspecified atom stereocenters. The van der Waals surface area contributed by atoms with E-state index in [1.807, 2.05) is 4.90 Å². The van der Waals surface area contributed by atoms with Gasteiger partial charge in [-0.2, -0.15) is 0 Å². The van der Waals surface area contributed by atoms with Crippen LogP contribution in [0.2, 0.25) is 0 Å². The van der Waals surface area contributed by atoms with Gasteiger partial charge in [-0.1, -0.05) is 6.92 Å². The fourth-order valence-corrected chi connectivity index (χ4v) is 3.88. The smallest absolute Gasteiger partial charge is 0.251 e. The van der Waals surface area contributed by atoms with Crippen LogP contribution < -0.4 is 5.32 Å². The minimum absolute atomic E-state index is 0.0679. The summed E-state index contributed by atoms with van der Waals surface area (Å²) in [6, 6.07) is 3.42. The van der Waals surface area contributed by atoms with Crippen LogP contribution in [0.25, 0.3) is 0 Å². The maximum absolute atomic E-state index is 12.2. The molecule has 1 aliphatic carbocycles. The summed E-state index contributed by atoms with van der Waals surface area (Å²) in [6.45, 7) is 4.90. The predicted octanol–water partition coefficient (Wildman–Crippen LogP) is 1.47. The fraction of sp³-hybridized carbons (Fsp3) is 0.632. The van der Waals surface area contributed by atoms with Gasteiger partial charge in [0.2, 0.25) is 5.91 Å². The molecule has 3 atom stereocenters. The number of rotatable bonds is 4. The van der Waals surface area contributed by atoms with Crippen molar-refractivity contribution < 1.29 is 14.3 Å². The first-order chi connectivity index (χ1) is 12.1. The van der Waals surface area contributed by atoms with Crippen molar-refractivity contribution in [3.05, 3.63) is 30.1 Å². The Bertz CT molecular complexity index is 647. The number of nitrogens with zero attached hydrogens (tertiary/aromatic N) is 2. The molecule has 3 fully saturated rings. The van der Waals surface area contributed by atoms with E-state index >= 15 is 0 Å².